The zero-order chi connectivity index (χ0) is 18.5. The predicted molar refractivity (Wildman–Crippen MR) is 105 cm³/mol. The van der Waals surface area contributed by atoms with Crippen molar-refractivity contribution in [3.05, 3.63) is 58.7 Å². The zero-order valence-electron chi connectivity index (χ0n) is 14.9. The lowest BCUT2D eigenvalue weighted by molar-refractivity contribution is 0.342. The Morgan fingerprint density at radius 2 is 1.92 bits per heavy atom. The van der Waals surface area contributed by atoms with Crippen LogP contribution in [0.25, 0.3) is 0 Å². The number of hydrogen-bond acceptors (Lipinski definition) is 6. The summed E-state index contributed by atoms with van der Waals surface area (Å²) in [6, 6.07) is 11.6. The largest absolute Gasteiger partial charge is 0.492 e. The van der Waals surface area contributed by atoms with Crippen molar-refractivity contribution >= 4 is 34.7 Å². The number of aryl methyl sites for hydroxylation is 2. The summed E-state index contributed by atoms with van der Waals surface area (Å²) < 4.78 is 5.62. The minimum absolute atomic E-state index is 0.359. The van der Waals surface area contributed by atoms with Crippen LogP contribution >= 0.6 is 11.6 Å². The van der Waals surface area contributed by atoms with Crippen molar-refractivity contribution in [2.45, 2.75) is 20.8 Å². The second-order valence-electron chi connectivity index (χ2n) is 5.78. The van der Waals surface area contributed by atoms with Gasteiger partial charge in [0, 0.05) is 0 Å². The molecule has 0 amide bonds. The summed E-state index contributed by atoms with van der Waals surface area (Å²) in [5.41, 5.74) is 3.69. The van der Waals surface area contributed by atoms with Gasteiger partial charge in [-0.3, -0.25) is 0 Å². The Kier molecular flexibility index (Phi) is 5.53. The summed E-state index contributed by atoms with van der Waals surface area (Å²) in [5, 5.41) is 15.0. The van der Waals surface area contributed by atoms with Crippen LogP contribution in [0.3, 0.4) is 0 Å². The summed E-state index contributed by atoms with van der Waals surface area (Å²) in [6.07, 6.45) is 1.55. The van der Waals surface area contributed by atoms with Crippen molar-refractivity contribution in [3.63, 3.8) is 0 Å². The van der Waals surface area contributed by atoms with E-state index in [-0.39, 0.29) is 0 Å². The fraction of sp³-hybridized carbons (Fsp3) is 0.211. The van der Waals surface area contributed by atoms with Crippen LogP contribution in [-0.4, -0.2) is 21.8 Å². The van der Waals surface area contributed by atoms with E-state index in [0.717, 1.165) is 28.3 Å². The average Bonchev–Trinajstić information content (AvgIpc) is 2.60. The number of hydrogen-bond donors (Lipinski definition) is 2. The highest BCUT2D eigenvalue weighted by atomic mass is 35.5. The molecule has 0 radical (unpaired) electrons. The van der Waals surface area contributed by atoms with E-state index in [1.54, 1.807) is 6.20 Å². The lowest BCUT2D eigenvalue weighted by Crippen LogP contribution is -2.04. The first-order valence-electron chi connectivity index (χ1n) is 8.29. The van der Waals surface area contributed by atoms with Crippen molar-refractivity contribution in [2.24, 2.45) is 0 Å². The van der Waals surface area contributed by atoms with Crippen LogP contribution in [0.1, 0.15) is 18.1 Å². The van der Waals surface area contributed by atoms with Crippen LogP contribution in [0.15, 0.2) is 42.6 Å². The van der Waals surface area contributed by atoms with Gasteiger partial charge in [0.1, 0.15) is 5.75 Å². The predicted octanol–water partition coefficient (Wildman–Crippen LogP) is 5.03. The molecule has 0 fully saturated rings. The van der Waals surface area contributed by atoms with Gasteiger partial charge >= 0.3 is 0 Å². The smallest absolute Gasteiger partial charge is 0.249 e. The van der Waals surface area contributed by atoms with Crippen LogP contribution < -0.4 is 15.4 Å². The minimum atomic E-state index is 0.359. The molecule has 0 spiro atoms. The van der Waals surface area contributed by atoms with Crippen LogP contribution in [0, 0.1) is 13.8 Å². The van der Waals surface area contributed by atoms with Gasteiger partial charge in [-0.25, -0.2) is 0 Å². The van der Waals surface area contributed by atoms with Gasteiger partial charge in [-0.2, -0.15) is 10.1 Å². The molecule has 1 aromatic heterocycles. The normalized spacial score (nSPS) is 10.5. The number of rotatable bonds is 6. The lowest BCUT2D eigenvalue weighted by atomic mass is 10.1. The lowest BCUT2D eigenvalue weighted by Gasteiger charge is -2.13. The molecule has 26 heavy (non-hydrogen) atoms. The van der Waals surface area contributed by atoms with Crippen molar-refractivity contribution in [2.75, 3.05) is 17.2 Å². The minimum Gasteiger partial charge on any atom is -0.492 e. The maximum absolute atomic E-state index is 6.34. The van der Waals surface area contributed by atoms with Crippen LogP contribution in [0.5, 0.6) is 5.75 Å². The van der Waals surface area contributed by atoms with Crippen molar-refractivity contribution < 1.29 is 4.74 Å². The van der Waals surface area contributed by atoms with E-state index >= 15 is 0 Å². The van der Waals surface area contributed by atoms with E-state index in [1.165, 1.54) is 0 Å². The van der Waals surface area contributed by atoms with Gasteiger partial charge in [-0.1, -0.05) is 29.8 Å². The molecule has 0 saturated heterocycles. The van der Waals surface area contributed by atoms with E-state index in [1.807, 2.05) is 57.2 Å². The maximum Gasteiger partial charge on any atom is 0.249 e. The Balaban J connectivity index is 1.84. The topological polar surface area (TPSA) is 72.0 Å². The molecule has 0 aliphatic carbocycles. The fourth-order valence-electron chi connectivity index (χ4n) is 2.59. The Labute approximate surface area is 157 Å². The van der Waals surface area contributed by atoms with E-state index in [9.17, 15) is 0 Å². The number of benzene rings is 2. The quantitative estimate of drug-likeness (QED) is 0.635. The molecule has 6 nitrogen and oxygen atoms in total. The highest BCUT2D eigenvalue weighted by molar-refractivity contribution is 6.33. The van der Waals surface area contributed by atoms with E-state index < -0.39 is 0 Å². The molecule has 0 atom stereocenters. The second-order valence-corrected chi connectivity index (χ2v) is 6.19. The van der Waals surface area contributed by atoms with Crippen molar-refractivity contribution in [3.8, 4) is 5.75 Å². The van der Waals surface area contributed by atoms with Crippen molar-refractivity contribution in [1.82, 2.24) is 15.2 Å². The monoisotopic (exact) mass is 369 g/mol. The molecule has 134 valence electrons. The van der Waals surface area contributed by atoms with Crippen LogP contribution in [0.4, 0.5) is 23.1 Å². The molecular weight excluding hydrogens is 350 g/mol. The molecule has 0 bridgehead atoms. The number of para-hydroxylation sites is 2. The van der Waals surface area contributed by atoms with E-state index in [2.05, 4.69) is 25.8 Å². The molecule has 2 aromatic carbocycles. The van der Waals surface area contributed by atoms with Gasteiger partial charge in [0.15, 0.2) is 5.82 Å². The number of anilines is 4. The molecule has 2 N–H and O–H groups in total. The zero-order valence-corrected chi connectivity index (χ0v) is 15.6. The SMILES string of the molecule is CCOc1ccccc1Nc1cnnc(Nc2c(C)cc(C)cc2Cl)n1. The highest BCUT2D eigenvalue weighted by Crippen LogP contribution is 2.30. The van der Waals surface area contributed by atoms with E-state index in [0.29, 0.717) is 23.4 Å². The number of aromatic nitrogens is 3. The summed E-state index contributed by atoms with van der Waals surface area (Å²) >= 11 is 6.34. The molecule has 0 aliphatic heterocycles. The number of halogens is 1. The van der Waals surface area contributed by atoms with Gasteiger partial charge < -0.3 is 15.4 Å². The average molecular weight is 370 g/mol. The third-order valence-corrected chi connectivity index (χ3v) is 3.98. The van der Waals surface area contributed by atoms with Gasteiger partial charge in [0.2, 0.25) is 5.95 Å². The third kappa shape index (κ3) is 4.21. The summed E-state index contributed by atoms with van der Waals surface area (Å²) in [7, 11) is 0. The van der Waals surface area contributed by atoms with Crippen molar-refractivity contribution in [1.29, 1.82) is 0 Å². The van der Waals surface area contributed by atoms with Gasteiger partial charge in [0.05, 0.1) is 29.2 Å². The Morgan fingerprint density at radius 3 is 2.69 bits per heavy atom. The molecule has 3 aromatic rings. The summed E-state index contributed by atoms with van der Waals surface area (Å²) in [5.74, 6) is 1.66. The Bertz CT molecular complexity index is 893. The number of ether oxygens (including phenoxy) is 1. The summed E-state index contributed by atoms with van der Waals surface area (Å²) in [4.78, 5) is 4.46. The maximum atomic E-state index is 6.34. The first kappa shape index (κ1) is 17.9. The standard InChI is InChI=1S/C19H20ClN5O/c1-4-26-16-8-6-5-7-15(16)22-17-11-21-25-19(23-17)24-18-13(3)9-12(2)10-14(18)20/h5-11H,4H2,1-3H3,(H2,22,23,24,25). The second kappa shape index (κ2) is 8.01. The first-order chi connectivity index (χ1) is 12.6. The Morgan fingerprint density at radius 1 is 1.12 bits per heavy atom. The molecule has 7 heteroatoms. The fourth-order valence-corrected chi connectivity index (χ4v) is 2.96. The molecular formula is C19H20ClN5O. The molecule has 1 heterocycles. The Hall–Kier alpha value is -2.86. The molecule has 3 rings (SSSR count). The van der Waals surface area contributed by atoms with Crippen LogP contribution in [-0.2, 0) is 0 Å². The van der Waals surface area contributed by atoms with Gasteiger partial charge in [0.25, 0.3) is 0 Å². The van der Waals surface area contributed by atoms with Gasteiger partial charge in [-0.05, 0) is 50.1 Å². The molecule has 0 saturated carbocycles. The summed E-state index contributed by atoms with van der Waals surface area (Å²) in [6.45, 7) is 6.51. The van der Waals surface area contributed by atoms with E-state index in [4.69, 9.17) is 16.3 Å². The number of nitrogens with one attached hydrogen (secondary N) is 2. The number of nitrogens with zero attached hydrogens (tertiary/aromatic N) is 3. The van der Waals surface area contributed by atoms with Gasteiger partial charge in [-0.15, -0.1) is 5.10 Å². The van der Waals surface area contributed by atoms with Crippen LogP contribution in [0.2, 0.25) is 5.02 Å². The highest BCUT2D eigenvalue weighted by Gasteiger charge is 2.09. The third-order valence-electron chi connectivity index (χ3n) is 3.68. The first-order valence-corrected chi connectivity index (χ1v) is 8.67. The molecule has 0 aliphatic rings. The molecule has 0 unspecified atom stereocenters.